The minimum Gasteiger partial charge on any atom is -0.376 e. The van der Waals surface area contributed by atoms with E-state index < -0.39 is 5.60 Å². The second-order valence-corrected chi connectivity index (χ2v) is 7.69. The number of hydrogen-bond acceptors (Lipinski definition) is 1. The predicted octanol–water partition coefficient (Wildman–Crippen LogP) is 6.38. The van der Waals surface area contributed by atoms with Crippen LogP contribution in [0.4, 0.5) is 0 Å². The van der Waals surface area contributed by atoms with Crippen LogP contribution in [0.25, 0.3) is 22.3 Å². The summed E-state index contributed by atoms with van der Waals surface area (Å²) < 4.78 is 0.981. The molecule has 0 heterocycles. The lowest BCUT2D eigenvalue weighted by Gasteiger charge is -2.29. The van der Waals surface area contributed by atoms with Gasteiger partial charge in [-0.3, -0.25) is 0 Å². The van der Waals surface area contributed by atoms with Crippen molar-refractivity contribution in [2.45, 2.75) is 5.60 Å². The normalized spacial score (nSPS) is 17.4. The van der Waals surface area contributed by atoms with Crippen molar-refractivity contribution in [2.24, 2.45) is 0 Å². The number of halogens is 1. The van der Waals surface area contributed by atoms with E-state index in [1.807, 2.05) is 66.7 Å². The Labute approximate surface area is 167 Å². The predicted molar refractivity (Wildman–Crippen MR) is 114 cm³/mol. The van der Waals surface area contributed by atoms with Gasteiger partial charge >= 0.3 is 0 Å². The van der Waals surface area contributed by atoms with Gasteiger partial charge in [-0.2, -0.15) is 0 Å². The molecule has 0 saturated heterocycles. The Morgan fingerprint density at radius 2 is 1.26 bits per heavy atom. The highest BCUT2D eigenvalue weighted by atomic mass is 79.9. The fourth-order valence-corrected chi connectivity index (χ4v) is 4.77. The van der Waals surface area contributed by atoms with Gasteiger partial charge in [0.1, 0.15) is 5.60 Å². The van der Waals surface area contributed by atoms with E-state index in [2.05, 4.69) is 46.3 Å². The number of fused-ring (bicyclic) bond motifs is 3. The molecule has 4 aromatic carbocycles. The zero-order chi connectivity index (χ0) is 18.4. The zero-order valence-corrected chi connectivity index (χ0v) is 16.1. The minimum absolute atomic E-state index is 0.881. The summed E-state index contributed by atoms with van der Waals surface area (Å²) in [4.78, 5) is 0. The summed E-state index contributed by atoms with van der Waals surface area (Å²) in [5.74, 6) is 0. The highest BCUT2D eigenvalue weighted by molar-refractivity contribution is 9.10. The highest BCUT2D eigenvalue weighted by Gasteiger charge is 2.45. The molecule has 1 atom stereocenters. The SMILES string of the molecule is OC1(c2ccccc2)c2ccccc2-c2ccc(Br)c(-c3ccccc3)c21. The largest absolute Gasteiger partial charge is 0.376 e. The molecule has 1 aliphatic carbocycles. The first-order chi connectivity index (χ1) is 13.2. The zero-order valence-electron chi connectivity index (χ0n) is 14.6. The molecule has 0 aromatic heterocycles. The molecule has 0 aliphatic heterocycles. The van der Waals surface area contributed by atoms with Crippen LogP contribution in [0, 0.1) is 0 Å². The summed E-state index contributed by atoms with van der Waals surface area (Å²) in [5, 5.41) is 12.2. The topological polar surface area (TPSA) is 20.2 Å². The molecule has 0 radical (unpaired) electrons. The maximum atomic E-state index is 12.2. The quantitative estimate of drug-likeness (QED) is 0.404. The Morgan fingerprint density at radius 3 is 2.00 bits per heavy atom. The first-order valence-corrected chi connectivity index (χ1v) is 9.76. The van der Waals surface area contributed by atoms with Crippen LogP contribution >= 0.6 is 15.9 Å². The van der Waals surface area contributed by atoms with E-state index in [1.54, 1.807) is 0 Å². The first kappa shape index (κ1) is 16.5. The number of hydrogen-bond donors (Lipinski definition) is 1. The van der Waals surface area contributed by atoms with Crippen LogP contribution in [0.2, 0.25) is 0 Å². The maximum absolute atomic E-state index is 12.2. The lowest BCUT2D eigenvalue weighted by Crippen LogP contribution is -2.27. The average Bonchev–Trinajstić information content (AvgIpc) is 2.99. The van der Waals surface area contributed by atoms with Crippen LogP contribution in [0.15, 0.2) is 102 Å². The number of rotatable bonds is 2. The van der Waals surface area contributed by atoms with E-state index in [0.717, 1.165) is 43.4 Å². The highest BCUT2D eigenvalue weighted by Crippen LogP contribution is 2.55. The van der Waals surface area contributed by atoms with Crippen molar-refractivity contribution in [2.75, 3.05) is 0 Å². The molecule has 0 spiro atoms. The smallest absolute Gasteiger partial charge is 0.142 e. The average molecular weight is 413 g/mol. The molecular weight excluding hydrogens is 396 g/mol. The van der Waals surface area contributed by atoms with Crippen molar-refractivity contribution in [3.8, 4) is 22.3 Å². The first-order valence-electron chi connectivity index (χ1n) is 8.97. The third-order valence-corrected chi connectivity index (χ3v) is 6.04. The van der Waals surface area contributed by atoms with Crippen molar-refractivity contribution in [1.29, 1.82) is 0 Å². The molecule has 1 unspecified atom stereocenters. The van der Waals surface area contributed by atoms with E-state index in [-0.39, 0.29) is 0 Å². The molecule has 0 saturated carbocycles. The molecule has 4 aromatic rings. The molecule has 130 valence electrons. The molecule has 2 heteroatoms. The van der Waals surface area contributed by atoms with Crippen LogP contribution in [0.3, 0.4) is 0 Å². The summed E-state index contributed by atoms with van der Waals surface area (Å²) in [6, 6.07) is 32.5. The Kier molecular flexibility index (Phi) is 3.78. The van der Waals surface area contributed by atoms with E-state index in [1.165, 1.54) is 0 Å². The van der Waals surface area contributed by atoms with Crippen LogP contribution in [-0.4, -0.2) is 5.11 Å². The van der Waals surface area contributed by atoms with Crippen LogP contribution in [0.5, 0.6) is 0 Å². The van der Waals surface area contributed by atoms with Gasteiger partial charge in [0.05, 0.1) is 0 Å². The van der Waals surface area contributed by atoms with Crippen LogP contribution < -0.4 is 0 Å². The molecule has 0 fully saturated rings. The minimum atomic E-state index is -1.19. The van der Waals surface area contributed by atoms with Crippen molar-refractivity contribution in [3.05, 3.63) is 118 Å². The summed E-state index contributed by atoms with van der Waals surface area (Å²) in [5.41, 5.74) is 5.85. The monoisotopic (exact) mass is 412 g/mol. The van der Waals surface area contributed by atoms with Crippen molar-refractivity contribution in [1.82, 2.24) is 0 Å². The van der Waals surface area contributed by atoms with E-state index in [9.17, 15) is 5.11 Å². The second kappa shape index (κ2) is 6.19. The second-order valence-electron chi connectivity index (χ2n) is 6.83. The van der Waals surface area contributed by atoms with E-state index in [0.29, 0.717) is 0 Å². The summed E-state index contributed by atoms with van der Waals surface area (Å²) in [7, 11) is 0. The van der Waals surface area contributed by atoms with Gasteiger partial charge < -0.3 is 5.11 Å². The van der Waals surface area contributed by atoms with Crippen molar-refractivity contribution in [3.63, 3.8) is 0 Å². The Balaban J connectivity index is 1.93. The van der Waals surface area contributed by atoms with Crippen molar-refractivity contribution >= 4 is 15.9 Å². The molecule has 27 heavy (non-hydrogen) atoms. The fourth-order valence-electron chi connectivity index (χ4n) is 4.21. The molecule has 0 bridgehead atoms. The molecular formula is C25H17BrO. The van der Waals surface area contributed by atoms with Gasteiger partial charge in [0.15, 0.2) is 0 Å². The van der Waals surface area contributed by atoms with Gasteiger partial charge in [-0.25, -0.2) is 0 Å². The number of aliphatic hydroxyl groups is 1. The Bertz CT molecular complexity index is 1140. The molecule has 1 nitrogen and oxygen atoms in total. The third-order valence-electron chi connectivity index (χ3n) is 5.38. The maximum Gasteiger partial charge on any atom is 0.142 e. The van der Waals surface area contributed by atoms with Crippen molar-refractivity contribution < 1.29 is 5.11 Å². The molecule has 5 rings (SSSR count). The summed E-state index contributed by atoms with van der Waals surface area (Å²) in [6.45, 7) is 0. The number of benzene rings is 4. The summed E-state index contributed by atoms with van der Waals surface area (Å²) >= 11 is 3.74. The van der Waals surface area contributed by atoms with Gasteiger partial charge in [-0.05, 0) is 28.3 Å². The molecule has 1 aliphatic rings. The van der Waals surface area contributed by atoms with E-state index >= 15 is 0 Å². The summed E-state index contributed by atoms with van der Waals surface area (Å²) in [6.07, 6.45) is 0. The molecule has 0 amide bonds. The standard InChI is InChI=1S/C25H17BrO/c26-22-16-15-20-19-13-7-8-14-21(19)25(27,18-11-5-2-6-12-18)24(20)23(22)17-9-3-1-4-10-17/h1-16,27H. The Morgan fingerprint density at radius 1 is 0.630 bits per heavy atom. The van der Waals surface area contributed by atoms with Gasteiger partial charge in [-0.15, -0.1) is 0 Å². The molecule has 1 N–H and O–H groups in total. The Hall–Kier alpha value is -2.68. The van der Waals surface area contributed by atoms with Crippen LogP contribution in [-0.2, 0) is 5.60 Å². The van der Waals surface area contributed by atoms with Gasteiger partial charge in [-0.1, -0.05) is 107 Å². The van der Waals surface area contributed by atoms with E-state index in [4.69, 9.17) is 0 Å². The lowest BCUT2D eigenvalue weighted by atomic mass is 9.81. The lowest BCUT2D eigenvalue weighted by molar-refractivity contribution is 0.131. The van der Waals surface area contributed by atoms with Gasteiger partial charge in [0.25, 0.3) is 0 Å². The van der Waals surface area contributed by atoms with Crippen LogP contribution in [0.1, 0.15) is 16.7 Å². The fraction of sp³-hybridized carbons (Fsp3) is 0.0400. The third kappa shape index (κ3) is 2.34. The van der Waals surface area contributed by atoms with Gasteiger partial charge in [0, 0.05) is 21.2 Å². The van der Waals surface area contributed by atoms with Gasteiger partial charge in [0.2, 0.25) is 0 Å².